The van der Waals surface area contributed by atoms with E-state index in [0.717, 1.165) is 38.6 Å². The molecule has 0 aliphatic heterocycles. The summed E-state index contributed by atoms with van der Waals surface area (Å²) in [6.45, 7) is 5.98. The minimum Gasteiger partial charge on any atom is -0.352 e. The average Bonchev–Trinajstić information content (AvgIpc) is 3.14. The largest absolute Gasteiger partial charge is 0.352 e. The lowest BCUT2D eigenvalue weighted by Crippen LogP contribution is -2.39. The molecule has 4 nitrogen and oxygen atoms in total. The van der Waals surface area contributed by atoms with E-state index in [1.807, 2.05) is 18.4 Å². The summed E-state index contributed by atoms with van der Waals surface area (Å²) in [4.78, 5) is 10.3. The Morgan fingerprint density at radius 1 is 1.16 bits per heavy atom. The van der Waals surface area contributed by atoms with Crippen LogP contribution in [0.5, 0.6) is 0 Å². The highest BCUT2D eigenvalue weighted by molar-refractivity contribution is 7.09. The molecule has 1 aromatic carbocycles. The molecule has 5 heteroatoms. The summed E-state index contributed by atoms with van der Waals surface area (Å²) in [5, 5.41) is 5.61. The first-order valence-corrected chi connectivity index (χ1v) is 9.71. The number of guanidine groups is 1. The minimum atomic E-state index is 0.791. The van der Waals surface area contributed by atoms with Crippen molar-refractivity contribution in [2.45, 2.75) is 26.4 Å². The summed E-state index contributed by atoms with van der Waals surface area (Å²) in [6.07, 6.45) is 1.05. The Bertz CT molecular complexity index is 651. The predicted molar refractivity (Wildman–Crippen MR) is 109 cm³/mol. The van der Waals surface area contributed by atoms with E-state index in [2.05, 4.69) is 82.9 Å². The summed E-state index contributed by atoms with van der Waals surface area (Å²) in [5.41, 5.74) is 2.64. The highest BCUT2D eigenvalue weighted by Gasteiger charge is 2.07. The topological polar surface area (TPSA) is 30.9 Å². The van der Waals surface area contributed by atoms with Gasteiger partial charge in [0.1, 0.15) is 0 Å². The Kier molecular flexibility index (Phi) is 7.95. The Labute approximate surface area is 156 Å². The van der Waals surface area contributed by atoms with Gasteiger partial charge in [0.15, 0.2) is 5.96 Å². The van der Waals surface area contributed by atoms with Crippen molar-refractivity contribution in [1.29, 1.82) is 0 Å². The number of hydrogen-bond donors (Lipinski definition) is 1. The standard InChI is InChI=1S/C20H30N4S/c1-5-23(3)16-18-9-6-8-17(14-18)15-22-20(21-2)24(4)12-11-19-10-7-13-25-19/h6-10,13-14H,5,11-12,15-16H2,1-4H3,(H,21,22). The molecule has 0 bridgehead atoms. The smallest absolute Gasteiger partial charge is 0.193 e. The SMILES string of the molecule is CCN(C)Cc1cccc(CNC(=NC)N(C)CCc2cccs2)c1. The van der Waals surface area contributed by atoms with Crippen molar-refractivity contribution in [1.82, 2.24) is 15.1 Å². The summed E-state index contributed by atoms with van der Waals surface area (Å²) in [5.74, 6) is 0.938. The highest BCUT2D eigenvalue weighted by Crippen LogP contribution is 2.10. The summed E-state index contributed by atoms with van der Waals surface area (Å²) in [7, 11) is 6.08. The van der Waals surface area contributed by atoms with Gasteiger partial charge >= 0.3 is 0 Å². The second kappa shape index (κ2) is 10.2. The number of nitrogens with one attached hydrogen (secondary N) is 1. The van der Waals surface area contributed by atoms with Gasteiger partial charge in [0, 0.05) is 38.6 Å². The van der Waals surface area contributed by atoms with E-state index in [-0.39, 0.29) is 0 Å². The number of benzene rings is 1. The number of likely N-dealkylation sites (N-methyl/N-ethyl adjacent to an activating group) is 1. The predicted octanol–water partition coefficient (Wildman–Crippen LogP) is 3.45. The van der Waals surface area contributed by atoms with Gasteiger partial charge in [-0.05, 0) is 42.6 Å². The molecule has 0 amide bonds. The molecule has 0 saturated carbocycles. The summed E-state index contributed by atoms with van der Waals surface area (Å²) in [6, 6.07) is 13.1. The fraction of sp³-hybridized carbons (Fsp3) is 0.450. The van der Waals surface area contributed by atoms with Gasteiger partial charge in [-0.1, -0.05) is 37.3 Å². The Balaban J connectivity index is 1.86. The zero-order valence-corrected chi connectivity index (χ0v) is 16.6. The quantitative estimate of drug-likeness (QED) is 0.579. The average molecular weight is 359 g/mol. The molecule has 136 valence electrons. The van der Waals surface area contributed by atoms with Gasteiger partial charge in [0.25, 0.3) is 0 Å². The van der Waals surface area contributed by atoms with E-state index in [4.69, 9.17) is 0 Å². The molecule has 1 aromatic heterocycles. The molecule has 0 atom stereocenters. The number of hydrogen-bond acceptors (Lipinski definition) is 3. The van der Waals surface area contributed by atoms with E-state index >= 15 is 0 Å². The molecule has 0 aliphatic carbocycles. The zero-order valence-electron chi connectivity index (χ0n) is 15.8. The first kappa shape index (κ1) is 19.5. The lowest BCUT2D eigenvalue weighted by atomic mass is 10.1. The Morgan fingerprint density at radius 2 is 1.96 bits per heavy atom. The molecule has 0 fully saturated rings. The Morgan fingerprint density at radius 3 is 2.64 bits per heavy atom. The molecule has 0 unspecified atom stereocenters. The van der Waals surface area contributed by atoms with Crippen LogP contribution >= 0.6 is 11.3 Å². The summed E-state index contributed by atoms with van der Waals surface area (Å²) >= 11 is 1.81. The van der Waals surface area contributed by atoms with Gasteiger partial charge in [-0.3, -0.25) is 4.99 Å². The van der Waals surface area contributed by atoms with Crippen molar-refractivity contribution < 1.29 is 0 Å². The second-order valence-electron chi connectivity index (χ2n) is 6.30. The van der Waals surface area contributed by atoms with Crippen LogP contribution in [0, 0.1) is 0 Å². The van der Waals surface area contributed by atoms with Gasteiger partial charge in [-0.25, -0.2) is 0 Å². The van der Waals surface area contributed by atoms with Crippen LogP contribution in [-0.2, 0) is 19.5 Å². The van der Waals surface area contributed by atoms with Crippen molar-refractivity contribution in [3.63, 3.8) is 0 Å². The van der Waals surface area contributed by atoms with Crippen LogP contribution in [0.3, 0.4) is 0 Å². The van der Waals surface area contributed by atoms with Crippen LogP contribution < -0.4 is 5.32 Å². The Hall–Kier alpha value is -1.85. The minimum absolute atomic E-state index is 0.791. The van der Waals surface area contributed by atoms with Crippen LogP contribution in [0.15, 0.2) is 46.8 Å². The maximum atomic E-state index is 4.41. The second-order valence-corrected chi connectivity index (χ2v) is 7.33. The van der Waals surface area contributed by atoms with Gasteiger partial charge in [-0.2, -0.15) is 0 Å². The molecule has 1 heterocycles. The van der Waals surface area contributed by atoms with Gasteiger partial charge < -0.3 is 15.1 Å². The van der Waals surface area contributed by atoms with E-state index in [1.165, 1.54) is 16.0 Å². The van der Waals surface area contributed by atoms with E-state index in [1.54, 1.807) is 0 Å². The number of nitrogens with zero attached hydrogens (tertiary/aromatic N) is 3. The van der Waals surface area contributed by atoms with Crippen LogP contribution in [0.2, 0.25) is 0 Å². The van der Waals surface area contributed by atoms with Gasteiger partial charge in [0.05, 0.1) is 0 Å². The zero-order chi connectivity index (χ0) is 18.1. The molecule has 0 saturated heterocycles. The van der Waals surface area contributed by atoms with E-state index in [9.17, 15) is 0 Å². The van der Waals surface area contributed by atoms with Gasteiger partial charge in [-0.15, -0.1) is 11.3 Å². The van der Waals surface area contributed by atoms with Crippen molar-refractivity contribution in [2.75, 3.05) is 34.2 Å². The highest BCUT2D eigenvalue weighted by atomic mass is 32.1. The first-order valence-electron chi connectivity index (χ1n) is 8.83. The molecule has 0 aliphatic rings. The van der Waals surface area contributed by atoms with E-state index in [0.29, 0.717) is 0 Å². The number of rotatable bonds is 8. The van der Waals surface area contributed by atoms with Crippen LogP contribution in [0.4, 0.5) is 0 Å². The summed E-state index contributed by atoms with van der Waals surface area (Å²) < 4.78 is 0. The molecule has 2 aromatic rings. The first-order chi connectivity index (χ1) is 12.1. The van der Waals surface area contributed by atoms with Crippen molar-refractivity contribution >= 4 is 17.3 Å². The monoisotopic (exact) mass is 358 g/mol. The van der Waals surface area contributed by atoms with Crippen LogP contribution in [-0.4, -0.2) is 50.0 Å². The maximum absolute atomic E-state index is 4.41. The molecular formula is C20H30N4S. The number of thiophene rings is 1. The van der Waals surface area contributed by atoms with Crippen LogP contribution in [0.25, 0.3) is 0 Å². The molecule has 25 heavy (non-hydrogen) atoms. The third kappa shape index (κ3) is 6.52. The number of aliphatic imine (C=N–C) groups is 1. The van der Waals surface area contributed by atoms with Crippen LogP contribution in [0.1, 0.15) is 22.9 Å². The molecule has 0 radical (unpaired) electrons. The maximum Gasteiger partial charge on any atom is 0.193 e. The van der Waals surface area contributed by atoms with Crippen molar-refractivity contribution in [3.8, 4) is 0 Å². The molecule has 0 spiro atoms. The lowest BCUT2D eigenvalue weighted by molar-refractivity contribution is 0.345. The lowest BCUT2D eigenvalue weighted by Gasteiger charge is -2.22. The van der Waals surface area contributed by atoms with Crippen molar-refractivity contribution in [2.24, 2.45) is 4.99 Å². The third-order valence-electron chi connectivity index (χ3n) is 4.28. The fourth-order valence-corrected chi connectivity index (χ4v) is 3.36. The normalized spacial score (nSPS) is 11.8. The third-order valence-corrected chi connectivity index (χ3v) is 5.22. The molecule has 1 N–H and O–H groups in total. The van der Waals surface area contributed by atoms with E-state index < -0.39 is 0 Å². The van der Waals surface area contributed by atoms with Gasteiger partial charge in [0.2, 0.25) is 0 Å². The van der Waals surface area contributed by atoms with Crippen molar-refractivity contribution in [3.05, 3.63) is 57.8 Å². The molecule has 2 rings (SSSR count). The molecular weight excluding hydrogens is 328 g/mol. The fourth-order valence-electron chi connectivity index (χ4n) is 2.67.